The first kappa shape index (κ1) is 28.3. The van der Waals surface area contributed by atoms with Gasteiger partial charge in [0.25, 0.3) is 0 Å². The quantitative estimate of drug-likeness (QED) is 0.486. The molecule has 0 saturated carbocycles. The molecule has 5 rings (SSSR count). The molecule has 2 atom stereocenters. The molecule has 37 heavy (non-hydrogen) atoms. The summed E-state index contributed by atoms with van der Waals surface area (Å²) in [6.45, 7) is 7.65. The predicted octanol–water partition coefficient (Wildman–Crippen LogP) is 4.04. The van der Waals surface area contributed by atoms with Crippen molar-refractivity contribution in [3.8, 4) is 0 Å². The van der Waals surface area contributed by atoms with Gasteiger partial charge in [0, 0.05) is 54.9 Å². The zero-order valence-electron chi connectivity index (χ0n) is 20.9. The molecule has 3 aliphatic heterocycles. The Hall–Kier alpha value is -1.69. The summed E-state index contributed by atoms with van der Waals surface area (Å²) in [7, 11) is 0. The van der Waals surface area contributed by atoms with Gasteiger partial charge in [-0.3, -0.25) is 0 Å². The fourth-order valence-electron chi connectivity index (χ4n) is 5.36. The summed E-state index contributed by atoms with van der Waals surface area (Å²) in [4.78, 5) is 17.2. The van der Waals surface area contributed by atoms with Crippen LogP contribution in [0.25, 0.3) is 0 Å². The molecule has 0 unspecified atom stereocenters. The van der Waals surface area contributed by atoms with Gasteiger partial charge in [-0.05, 0) is 45.6 Å². The zero-order valence-corrected chi connectivity index (χ0v) is 22.4. The number of rotatable bonds is 6. The molecule has 2 aromatic heterocycles. The number of aryl methyl sites for hydroxylation is 1. The van der Waals surface area contributed by atoms with Crippen molar-refractivity contribution in [2.24, 2.45) is 11.1 Å². The number of anilines is 2. The van der Waals surface area contributed by atoms with E-state index in [4.69, 9.17) is 36.8 Å². The Labute approximate surface area is 228 Å². The third-order valence-corrected chi connectivity index (χ3v) is 9.39. The Kier molecular flexibility index (Phi) is 9.19. The maximum absolute atomic E-state index is 10.2. The summed E-state index contributed by atoms with van der Waals surface area (Å²) in [6, 6.07) is 2.23. The summed E-state index contributed by atoms with van der Waals surface area (Å²) < 4.78 is 11.3. The van der Waals surface area contributed by atoms with Crippen LogP contribution in [0.2, 0.25) is 5.02 Å². The third kappa shape index (κ3) is 5.84. The Bertz CT molecular complexity index is 1080. The van der Waals surface area contributed by atoms with Crippen LogP contribution in [-0.2, 0) is 16.1 Å². The summed E-state index contributed by atoms with van der Waals surface area (Å²) >= 11 is 8.18. The van der Waals surface area contributed by atoms with E-state index in [1.54, 1.807) is 6.20 Å². The Balaban J connectivity index is 0.00000320. The van der Waals surface area contributed by atoms with Crippen molar-refractivity contribution in [1.82, 2.24) is 15.0 Å². The van der Waals surface area contributed by atoms with Crippen molar-refractivity contribution in [3.63, 3.8) is 0 Å². The molecule has 5 heterocycles. The van der Waals surface area contributed by atoms with Gasteiger partial charge in [0.15, 0.2) is 5.82 Å². The van der Waals surface area contributed by atoms with E-state index in [-0.39, 0.29) is 31.6 Å². The van der Waals surface area contributed by atoms with Gasteiger partial charge in [0.1, 0.15) is 16.5 Å². The van der Waals surface area contributed by atoms with Crippen LogP contribution in [0.5, 0.6) is 0 Å². The zero-order chi connectivity index (χ0) is 25.3. The number of nitrogens with two attached hydrogens (primary N) is 1. The minimum absolute atomic E-state index is 0. The average molecular weight is 551 g/mol. The van der Waals surface area contributed by atoms with Crippen molar-refractivity contribution in [2.75, 3.05) is 43.1 Å². The van der Waals surface area contributed by atoms with E-state index in [1.165, 1.54) is 11.8 Å². The highest BCUT2D eigenvalue weighted by atomic mass is 35.5. The van der Waals surface area contributed by atoms with Crippen molar-refractivity contribution >= 4 is 35.0 Å². The number of halogens is 1. The van der Waals surface area contributed by atoms with Crippen LogP contribution in [-0.4, -0.2) is 71.2 Å². The van der Waals surface area contributed by atoms with Gasteiger partial charge in [0.2, 0.25) is 0 Å². The number of nitrogens with one attached hydrogen (secondary N) is 1. The Morgan fingerprint density at radius 1 is 1.27 bits per heavy atom. The SMILES string of the molecule is C.Cc1nc(N2CCC3(CC2)CO[C@@H](C)[C@H]3N)c(CO)nc1Sc1ccnc(NC2CCOCC2)c1Cl. The van der Waals surface area contributed by atoms with E-state index in [9.17, 15) is 5.11 Å². The topological polar surface area (TPSA) is 119 Å². The van der Waals surface area contributed by atoms with Gasteiger partial charge in [-0.15, -0.1) is 0 Å². The van der Waals surface area contributed by atoms with Gasteiger partial charge >= 0.3 is 0 Å². The summed E-state index contributed by atoms with van der Waals surface area (Å²) in [5.41, 5.74) is 7.88. The maximum atomic E-state index is 10.2. The fourth-order valence-corrected chi connectivity index (χ4v) is 6.52. The molecule has 0 radical (unpaired) electrons. The van der Waals surface area contributed by atoms with Gasteiger partial charge in [-0.1, -0.05) is 30.8 Å². The molecular weight excluding hydrogens is 512 g/mol. The molecule has 4 N–H and O–H groups in total. The van der Waals surface area contributed by atoms with Crippen LogP contribution in [0.3, 0.4) is 0 Å². The van der Waals surface area contributed by atoms with Gasteiger partial charge in [-0.2, -0.15) is 0 Å². The summed E-state index contributed by atoms with van der Waals surface area (Å²) in [6.07, 6.45) is 5.58. The molecule has 9 nitrogen and oxygen atoms in total. The predicted molar refractivity (Wildman–Crippen MR) is 148 cm³/mol. The first-order valence-corrected chi connectivity index (χ1v) is 13.9. The molecule has 0 aliphatic carbocycles. The van der Waals surface area contributed by atoms with E-state index in [1.807, 2.05) is 13.0 Å². The van der Waals surface area contributed by atoms with Gasteiger partial charge < -0.3 is 30.5 Å². The highest BCUT2D eigenvalue weighted by Crippen LogP contribution is 2.43. The van der Waals surface area contributed by atoms with Crippen molar-refractivity contribution in [1.29, 1.82) is 0 Å². The second-order valence-electron chi connectivity index (χ2n) is 10.0. The van der Waals surface area contributed by atoms with Gasteiger partial charge in [-0.25, -0.2) is 15.0 Å². The van der Waals surface area contributed by atoms with E-state index in [2.05, 4.69) is 22.1 Å². The second kappa shape index (κ2) is 12.0. The summed E-state index contributed by atoms with van der Waals surface area (Å²) in [5.74, 6) is 1.42. The lowest BCUT2D eigenvalue weighted by Crippen LogP contribution is -2.51. The number of hydrogen-bond acceptors (Lipinski definition) is 10. The molecule has 0 bridgehead atoms. The molecule has 3 saturated heterocycles. The number of nitrogens with zero attached hydrogens (tertiary/aromatic N) is 4. The Morgan fingerprint density at radius 2 is 2.00 bits per heavy atom. The standard InChI is InChI=1S/C25H35ClN6O3S.CH4/c1-15-24(36-19-3-8-28-22(20(19)26)30-17-4-11-34-12-5-17)31-18(13-33)23(29-15)32-9-6-25(7-10-32)14-35-16(2)21(25)27;/h3,8,16-17,21,33H,4-7,9-14,27H2,1-2H3,(H,28,30);1H4/t16-,21+;/m0./s1. The lowest BCUT2D eigenvalue weighted by Gasteiger charge is -2.42. The van der Waals surface area contributed by atoms with E-state index < -0.39 is 0 Å². The van der Waals surface area contributed by atoms with Crippen molar-refractivity contribution in [2.45, 2.75) is 81.7 Å². The number of aliphatic hydroxyl groups excluding tert-OH is 1. The van der Waals surface area contributed by atoms with E-state index in [0.29, 0.717) is 29.2 Å². The van der Waals surface area contributed by atoms with Crippen LogP contribution in [0, 0.1) is 12.3 Å². The maximum Gasteiger partial charge on any atom is 0.153 e. The number of aromatic nitrogens is 3. The number of ether oxygens (including phenoxy) is 2. The number of hydrogen-bond donors (Lipinski definition) is 3. The van der Waals surface area contributed by atoms with Crippen LogP contribution in [0.15, 0.2) is 22.2 Å². The molecular formula is C26H39ClN6O3S. The molecule has 3 aliphatic rings. The molecule has 204 valence electrons. The second-order valence-corrected chi connectivity index (χ2v) is 11.4. The molecule has 1 spiro atoms. The first-order chi connectivity index (χ1) is 17.4. The molecule has 0 amide bonds. The van der Waals surface area contributed by atoms with E-state index in [0.717, 1.165) is 73.4 Å². The first-order valence-electron chi connectivity index (χ1n) is 12.7. The van der Waals surface area contributed by atoms with Gasteiger partial charge in [0.05, 0.1) is 30.0 Å². The Morgan fingerprint density at radius 3 is 2.65 bits per heavy atom. The average Bonchev–Trinajstić information content (AvgIpc) is 3.17. The highest BCUT2D eigenvalue weighted by molar-refractivity contribution is 7.99. The van der Waals surface area contributed by atoms with Crippen LogP contribution < -0.4 is 16.0 Å². The minimum atomic E-state index is -0.182. The normalized spacial score (nSPS) is 23.8. The summed E-state index contributed by atoms with van der Waals surface area (Å²) in [5, 5.41) is 14.9. The monoisotopic (exact) mass is 550 g/mol. The van der Waals surface area contributed by atoms with Crippen molar-refractivity contribution < 1.29 is 14.6 Å². The molecule has 3 fully saturated rings. The van der Waals surface area contributed by atoms with Crippen LogP contribution in [0.4, 0.5) is 11.6 Å². The van der Waals surface area contributed by atoms with Crippen molar-refractivity contribution in [3.05, 3.63) is 28.7 Å². The smallest absolute Gasteiger partial charge is 0.153 e. The minimum Gasteiger partial charge on any atom is -0.390 e. The molecule has 11 heteroatoms. The highest BCUT2D eigenvalue weighted by Gasteiger charge is 2.47. The molecule has 0 aromatic carbocycles. The van der Waals surface area contributed by atoms with E-state index >= 15 is 0 Å². The largest absolute Gasteiger partial charge is 0.390 e. The number of piperidine rings is 1. The lowest BCUT2D eigenvalue weighted by molar-refractivity contribution is 0.0904. The third-order valence-electron chi connectivity index (χ3n) is 7.76. The fraction of sp³-hybridized carbons (Fsp3) is 0.654. The lowest BCUT2D eigenvalue weighted by atomic mass is 9.73. The van der Waals surface area contributed by atoms with Crippen LogP contribution >= 0.6 is 23.4 Å². The van der Waals surface area contributed by atoms with Crippen LogP contribution in [0.1, 0.15) is 51.4 Å². The number of pyridine rings is 1. The number of aliphatic hydroxyl groups is 1. The molecule has 2 aromatic rings.